The van der Waals surface area contributed by atoms with E-state index in [0.29, 0.717) is 41.8 Å². The molecule has 1 aliphatic rings. The van der Waals surface area contributed by atoms with E-state index in [2.05, 4.69) is 11.4 Å². The molecule has 1 aromatic heterocycles. The molecule has 2 aromatic carbocycles. The molecule has 0 aliphatic carbocycles. The summed E-state index contributed by atoms with van der Waals surface area (Å²) in [6.45, 7) is 5.22. The van der Waals surface area contributed by atoms with Gasteiger partial charge in [0.05, 0.1) is 11.6 Å². The van der Waals surface area contributed by atoms with Crippen molar-refractivity contribution in [1.82, 2.24) is 5.32 Å². The van der Waals surface area contributed by atoms with Crippen molar-refractivity contribution < 1.29 is 23.4 Å². The maximum absolute atomic E-state index is 12.9. The lowest BCUT2D eigenvalue weighted by Crippen LogP contribution is -2.31. The normalized spacial score (nSPS) is 13.3. The summed E-state index contributed by atoms with van der Waals surface area (Å²) in [5, 5.41) is 12.2. The average molecular weight is 432 g/mol. The molecule has 4 rings (SSSR count). The predicted molar refractivity (Wildman–Crippen MR) is 117 cm³/mol. The van der Waals surface area contributed by atoms with Gasteiger partial charge in [-0.25, -0.2) is 0 Å². The molecule has 0 spiro atoms. The number of hydrogen-bond acceptors (Lipinski definition) is 6. The number of carbonyl (C=O) groups excluding carboxylic acids is 1. The second-order valence-corrected chi connectivity index (χ2v) is 7.76. The topological polar surface area (TPSA) is 93.7 Å². The molecule has 1 N–H and O–H groups in total. The van der Waals surface area contributed by atoms with Gasteiger partial charge in [0.15, 0.2) is 17.3 Å². The van der Waals surface area contributed by atoms with Crippen LogP contribution in [0.2, 0.25) is 0 Å². The maximum atomic E-state index is 12.9. The van der Waals surface area contributed by atoms with E-state index >= 15 is 0 Å². The van der Waals surface area contributed by atoms with Gasteiger partial charge in [0.25, 0.3) is 5.91 Å². The third-order valence-electron chi connectivity index (χ3n) is 5.14. The molecule has 32 heavy (non-hydrogen) atoms. The van der Waals surface area contributed by atoms with Crippen LogP contribution in [0.4, 0.5) is 0 Å². The minimum Gasteiger partial charge on any atom is -0.486 e. The summed E-state index contributed by atoms with van der Waals surface area (Å²) in [6.07, 6.45) is 0. The molecule has 0 saturated carbocycles. The number of benzene rings is 2. The Morgan fingerprint density at radius 1 is 1.09 bits per heavy atom. The number of rotatable bonds is 7. The number of carbonyl (C=O) groups is 1. The zero-order valence-electron chi connectivity index (χ0n) is 18.0. The highest BCUT2D eigenvalue weighted by atomic mass is 16.6. The van der Waals surface area contributed by atoms with E-state index in [1.165, 1.54) is 0 Å². The summed E-state index contributed by atoms with van der Waals surface area (Å²) in [4.78, 5) is 12.9. The lowest BCUT2D eigenvalue weighted by molar-refractivity contribution is 0.0893. The van der Waals surface area contributed by atoms with E-state index in [4.69, 9.17) is 23.9 Å². The highest BCUT2D eigenvalue weighted by Gasteiger charge is 2.23. The summed E-state index contributed by atoms with van der Waals surface area (Å²) in [5.41, 5.74) is 1.37. The van der Waals surface area contributed by atoms with Gasteiger partial charge in [-0.2, -0.15) is 5.26 Å². The monoisotopic (exact) mass is 432 g/mol. The first-order valence-electron chi connectivity index (χ1n) is 10.5. The molecule has 2 heterocycles. The van der Waals surface area contributed by atoms with Crippen molar-refractivity contribution in [2.45, 2.75) is 26.5 Å². The van der Waals surface area contributed by atoms with Crippen LogP contribution in [0.1, 0.15) is 47.3 Å². The SMILES string of the molecule is CC(C)C(NC(=O)c1ccc(COc2ccccc2C#N)o1)c1ccc2c(c1)OCCO2. The van der Waals surface area contributed by atoms with Crippen LogP contribution in [-0.4, -0.2) is 19.1 Å². The standard InChI is InChI=1S/C25H24N2O5/c1-16(2)24(17-7-9-21-23(13-17)30-12-11-29-21)27-25(28)22-10-8-19(32-22)15-31-20-6-4-3-5-18(20)14-26/h3-10,13,16,24H,11-12,15H2,1-2H3,(H,27,28). The van der Waals surface area contributed by atoms with E-state index in [-0.39, 0.29) is 30.2 Å². The third-order valence-corrected chi connectivity index (χ3v) is 5.14. The Hall–Kier alpha value is -3.92. The molecular formula is C25H24N2O5. The Morgan fingerprint density at radius 3 is 2.66 bits per heavy atom. The minimum atomic E-state index is -0.317. The number of ether oxygens (including phenoxy) is 3. The molecule has 0 bridgehead atoms. The van der Waals surface area contributed by atoms with Crippen molar-refractivity contribution in [2.75, 3.05) is 13.2 Å². The van der Waals surface area contributed by atoms with Crippen LogP contribution < -0.4 is 19.5 Å². The van der Waals surface area contributed by atoms with Gasteiger partial charge in [-0.1, -0.05) is 32.0 Å². The fourth-order valence-corrected chi connectivity index (χ4v) is 3.51. The molecule has 1 unspecified atom stereocenters. The summed E-state index contributed by atoms with van der Waals surface area (Å²) in [7, 11) is 0. The average Bonchev–Trinajstić information content (AvgIpc) is 3.30. The number of hydrogen-bond donors (Lipinski definition) is 1. The van der Waals surface area contributed by atoms with E-state index in [0.717, 1.165) is 5.56 Å². The number of nitriles is 1. The van der Waals surface area contributed by atoms with Crippen LogP contribution in [0.15, 0.2) is 59.0 Å². The lowest BCUT2D eigenvalue weighted by atomic mass is 9.95. The zero-order valence-corrected chi connectivity index (χ0v) is 18.0. The fourth-order valence-electron chi connectivity index (χ4n) is 3.51. The van der Waals surface area contributed by atoms with Crippen molar-refractivity contribution in [1.29, 1.82) is 5.26 Å². The summed E-state index contributed by atoms with van der Waals surface area (Å²) in [5.74, 6) is 2.37. The molecule has 1 amide bonds. The fraction of sp³-hybridized carbons (Fsp3) is 0.280. The van der Waals surface area contributed by atoms with Gasteiger partial charge in [0.2, 0.25) is 0 Å². The predicted octanol–water partition coefficient (Wildman–Crippen LogP) is 4.63. The van der Waals surface area contributed by atoms with E-state index in [1.54, 1.807) is 36.4 Å². The molecule has 1 atom stereocenters. The number of nitrogens with zero attached hydrogens (tertiary/aromatic N) is 1. The Labute approximate surface area is 186 Å². The van der Waals surface area contributed by atoms with Crippen LogP contribution in [0, 0.1) is 17.2 Å². The van der Waals surface area contributed by atoms with E-state index in [1.807, 2.05) is 32.0 Å². The van der Waals surface area contributed by atoms with Crippen LogP contribution in [0.5, 0.6) is 17.2 Å². The second kappa shape index (κ2) is 9.48. The van der Waals surface area contributed by atoms with Crippen LogP contribution in [0.25, 0.3) is 0 Å². The van der Waals surface area contributed by atoms with Gasteiger partial charge >= 0.3 is 0 Å². The third kappa shape index (κ3) is 4.70. The first-order valence-corrected chi connectivity index (χ1v) is 10.5. The Bertz CT molecular complexity index is 1150. The van der Waals surface area contributed by atoms with Gasteiger partial charge in [-0.3, -0.25) is 4.79 Å². The lowest BCUT2D eigenvalue weighted by Gasteiger charge is -2.25. The van der Waals surface area contributed by atoms with E-state index < -0.39 is 0 Å². The highest BCUT2D eigenvalue weighted by molar-refractivity contribution is 5.91. The van der Waals surface area contributed by atoms with Gasteiger partial charge < -0.3 is 23.9 Å². The number of nitrogens with one attached hydrogen (secondary N) is 1. The van der Waals surface area contributed by atoms with Crippen molar-refractivity contribution in [2.24, 2.45) is 5.92 Å². The molecule has 164 valence electrons. The second-order valence-electron chi connectivity index (χ2n) is 7.76. The van der Waals surface area contributed by atoms with E-state index in [9.17, 15) is 4.79 Å². The molecule has 7 heteroatoms. The van der Waals surface area contributed by atoms with Gasteiger partial charge in [0.1, 0.15) is 37.4 Å². The Kier molecular flexibility index (Phi) is 6.31. The molecule has 0 saturated heterocycles. The Balaban J connectivity index is 1.43. The largest absolute Gasteiger partial charge is 0.486 e. The van der Waals surface area contributed by atoms with Crippen LogP contribution >= 0.6 is 0 Å². The van der Waals surface area contributed by atoms with Crippen molar-refractivity contribution >= 4 is 5.91 Å². The zero-order chi connectivity index (χ0) is 22.5. The Morgan fingerprint density at radius 2 is 1.88 bits per heavy atom. The first kappa shape index (κ1) is 21.3. The molecule has 0 radical (unpaired) electrons. The van der Waals surface area contributed by atoms with Crippen molar-refractivity contribution in [3.05, 3.63) is 77.2 Å². The first-order chi connectivity index (χ1) is 15.5. The molecular weight excluding hydrogens is 408 g/mol. The van der Waals surface area contributed by atoms with Gasteiger partial charge in [-0.15, -0.1) is 0 Å². The smallest absolute Gasteiger partial charge is 0.287 e. The highest BCUT2D eigenvalue weighted by Crippen LogP contribution is 2.34. The number of para-hydroxylation sites is 1. The quantitative estimate of drug-likeness (QED) is 0.585. The summed E-state index contributed by atoms with van der Waals surface area (Å²) >= 11 is 0. The number of fused-ring (bicyclic) bond motifs is 1. The minimum absolute atomic E-state index is 0.113. The summed E-state index contributed by atoms with van der Waals surface area (Å²) < 4.78 is 22.6. The van der Waals surface area contributed by atoms with Gasteiger partial charge in [-0.05, 0) is 47.9 Å². The molecule has 3 aromatic rings. The van der Waals surface area contributed by atoms with Crippen LogP contribution in [0.3, 0.4) is 0 Å². The maximum Gasteiger partial charge on any atom is 0.287 e. The van der Waals surface area contributed by atoms with Crippen LogP contribution in [-0.2, 0) is 6.61 Å². The summed E-state index contributed by atoms with van der Waals surface area (Å²) in [6, 6.07) is 17.8. The van der Waals surface area contributed by atoms with Crippen molar-refractivity contribution in [3.8, 4) is 23.3 Å². The molecule has 1 aliphatic heterocycles. The number of amides is 1. The molecule has 0 fully saturated rings. The number of furan rings is 1. The molecule has 7 nitrogen and oxygen atoms in total. The van der Waals surface area contributed by atoms with Gasteiger partial charge in [0, 0.05) is 0 Å². The van der Waals surface area contributed by atoms with Crippen molar-refractivity contribution in [3.63, 3.8) is 0 Å².